The quantitative estimate of drug-likeness (QED) is 0.319. The van der Waals surface area contributed by atoms with Gasteiger partial charge in [-0.2, -0.15) is 0 Å². The summed E-state index contributed by atoms with van der Waals surface area (Å²) in [5, 5.41) is 1.93. The Morgan fingerprint density at radius 2 is 2.00 bits per heavy atom. The first-order chi connectivity index (χ1) is 11.1. The zero-order chi connectivity index (χ0) is 16.4. The van der Waals surface area contributed by atoms with Crippen LogP contribution in [0.5, 0.6) is 0 Å². The van der Waals surface area contributed by atoms with Gasteiger partial charge in [-0.3, -0.25) is 0 Å². The third kappa shape index (κ3) is 3.76. The van der Waals surface area contributed by atoms with Gasteiger partial charge >= 0.3 is 0 Å². The minimum Gasteiger partial charge on any atom is -0.353 e. The van der Waals surface area contributed by atoms with Crippen LogP contribution in [0.2, 0.25) is 5.02 Å². The van der Waals surface area contributed by atoms with Crippen molar-refractivity contribution in [3.05, 3.63) is 55.0 Å². The summed E-state index contributed by atoms with van der Waals surface area (Å²) in [6.45, 7) is 0.728. The van der Waals surface area contributed by atoms with Crippen molar-refractivity contribution >= 4 is 61.0 Å². The molecule has 2 nitrogen and oxygen atoms in total. The number of aromatic amines is 1. The number of aryl methyl sites for hydroxylation is 1. The lowest BCUT2D eigenvalue weighted by molar-refractivity contribution is 0.748. The molecule has 0 saturated heterocycles. The molecule has 0 aliphatic carbocycles. The van der Waals surface area contributed by atoms with Crippen LogP contribution in [0.4, 0.5) is 0 Å². The first kappa shape index (κ1) is 17.3. The van der Waals surface area contributed by atoms with Gasteiger partial charge in [-0.15, -0.1) is 0 Å². The predicted octanol–water partition coefficient (Wildman–Crippen LogP) is 6.14. The molecule has 5 heteroatoms. The molecule has 2 aromatic carbocycles. The van der Waals surface area contributed by atoms with Crippen LogP contribution in [0.1, 0.15) is 18.4 Å². The lowest BCUT2D eigenvalue weighted by Crippen LogP contribution is -1.99. The van der Waals surface area contributed by atoms with Crippen LogP contribution in [-0.2, 0) is 6.42 Å². The Hall–Kier alpha value is -0.560. The highest BCUT2D eigenvalue weighted by atomic mass is 127. The fourth-order valence-electron chi connectivity index (χ4n) is 2.87. The fourth-order valence-corrected chi connectivity index (χ4v) is 4.27. The molecule has 3 rings (SSSR count). The summed E-state index contributed by atoms with van der Waals surface area (Å²) < 4.78 is 2.22. The minimum absolute atomic E-state index is 0.728. The Bertz CT molecular complexity index is 844. The van der Waals surface area contributed by atoms with Crippen LogP contribution in [-0.4, -0.2) is 11.5 Å². The van der Waals surface area contributed by atoms with Gasteiger partial charge in [0, 0.05) is 19.1 Å². The first-order valence-corrected chi connectivity index (χ1v) is 9.80. The topological polar surface area (TPSA) is 41.8 Å². The molecule has 0 aliphatic heterocycles. The van der Waals surface area contributed by atoms with Crippen molar-refractivity contribution in [3.63, 3.8) is 0 Å². The van der Waals surface area contributed by atoms with Crippen molar-refractivity contribution in [1.82, 2.24) is 4.98 Å². The molecule has 0 radical (unpaired) electrons. The number of H-pyrrole nitrogens is 1. The summed E-state index contributed by atoms with van der Waals surface area (Å²) in [4.78, 5) is 3.54. The average Bonchev–Trinajstić information content (AvgIpc) is 2.87. The zero-order valence-corrected chi connectivity index (χ0v) is 17.0. The number of nitrogens with two attached hydrogens (primary N) is 1. The van der Waals surface area contributed by atoms with E-state index in [1.54, 1.807) is 0 Å². The van der Waals surface area contributed by atoms with Crippen molar-refractivity contribution in [1.29, 1.82) is 0 Å². The highest BCUT2D eigenvalue weighted by molar-refractivity contribution is 14.1. The second-order valence-electron chi connectivity index (χ2n) is 5.54. The smallest absolute Gasteiger partial charge is 0.0658 e. The molecule has 0 atom stereocenters. The van der Waals surface area contributed by atoms with Crippen molar-refractivity contribution in [3.8, 4) is 11.3 Å². The first-order valence-electron chi connectivity index (χ1n) is 7.55. The summed E-state index contributed by atoms with van der Waals surface area (Å²) in [5.74, 6) is 0. The van der Waals surface area contributed by atoms with Crippen LogP contribution in [0, 0.1) is 3.57 Å². The van der Waals surface area contributed by atoms with Crippen molar-refractivity contribution in [2.75, 3.05) is 6.54 Å². The lowest BCUT2D eigenvalue weighted by atomic mass is 10.0. The van der Waals surface area contributed by atoms with Crippen molar-refractivity contribution in [2.45, 2.75) is 19.3 Å². The molecule has 23 heavy (non-hydrogen) atoms. The van der Waals surface area contributed by atoms with E-state index in [1.807, 2.05) is 6.07 Å². The molecular weight excluding hydrogens is 486 g/mol. The second kappa shape index (κ2) is 7.55. The number of aromatic nitrogens is 1. The highest BCUT2D eigenvalue weighted by Crippen LogP contribution is 2.37. The molecule has 0 aliphatic rings. The number of benzene rings is 2. The maximum Gasteiger partial charge on any atom is 0.0658 e. The third-order valence-electron chi connectivity index (χ3n) is 3.93. The molecule has 1 heterocycles. The van der Waals surface area contributed by atoms with E-state index in [0.29, 0.717) is 0 Å². The summed E-state index contributed by atoms with van der Waals surface area (Å²) in [6, 6.07) is 12.6. The molecule has 1 aromatic heterocycles. The van der Waals surface area contributed by atoms with Gasteiger partial charge < -0.3 is 10.7 Å². The molecule has 0 amide bonds. The van der Waals surface area contributed by atoms with E-state index in [2.05, 4.69) is 73.8 Å². The zero-order valence-electron chi connectivity index (χ0n) is 12.5. The Kier molecular flexibility index (Phi) is 5.67. The number of hydrogen-bond donors (Lipinski definition) is 2. The molecule has 120 valence electrons. The Balaban J connectivity index is 2.19. The van der Waals surface area contributed by atoms with E-state index in [4.69, 9.17) is 17.3 Å². The normalized spacial score (nSPS) is 11.3. The lowest BCUT2D eigenvalue weighted by Gasteiger charge is -2.06. The second-order valence-corrected chi connectivity index (χ2v) is 8.11. The van der Waals surface area contributed by atoms with E-state index in [1.165, 1.54) is 20.1 Å². The summed E-state index contributed by atoms with van der Waals surface area (Å²) in [6.07, 6.45) is 3.09. The van der Waals surface area contributed by atoms with Crippen LogP contribution < -0.4 is 5.73 Å². The molecule has 0 bridgehead atoms. The molecule has 3 N–H and O–H groups in total. The van der Waals surface area contributed by atoms with Crippen LogP contribution in [0.3, 0.4) is 0 Å². The number of fused-ring (bicyclic) bond motifs is 1. The van der Waals surface area contributed by atoms with Gasteiger partial charge in [0.2, 0.25) is 0 Å². The maximum atomic E-state index is 6.44. The molecule has 3 aromatic rings. The molecule has 0 spiro atoms. The van der Waals surface area contributed by atoms with Crippen molar-refractivity contribution < 1.29 is 0 Å². The Labute approximate surface area is 163 Å². The van der Waals surface area contributed by atoms with Crippen LogP contribution >= 0.6 is 50.1 Å². The number of nitrogens with one attached hydrogen (secondary N) is 1. The summed E-state index contributed by atoms with van der Waals surface area (Å²) in [7, 11) is 0. The van der Waals surface area contributed by atoms with Gasteiger partial charge in [-0.25, -0.2) is 0 Å². The molecular formula is C18H17BrClIN2. The van der Waals surface area contributed by atoms with E-state index in [-0.39, 0.29) is 0 Å². The van der Waals surface area contributed by atoms with Gasteiger partial charge in [0.1, 0.15) is 0 Å². The van der Waals surface area contributed by atoms with E-state index in [9.17, 15) is 0 Å². The monoisotopic (exact) mass is 502 g/mol. The summed E-state index contributed by atoms with van der Waals surface area (Å²) >= 11 is 12.3. The average molecular weight is 504 g/mol. The van der Waals surface area contributed by atoms with Crippen molar-refractivity contribution in [2.24, 2.45) is 5.73 Å². The number of unbranched alkanes of at least 4 members (excludes halogenated alkanes) is 1. The van der Waals surface area contributed by atoms with Gasteiger partial charge in [0.25, 0.3) is 0 Å². The number of rotatable bonds is 5. The molecule has 0 fully saturated rings. The number of hydrogen-bond acceptors (Lipinski definition) is 1. The Morgan fingerprint density at radius 1 is 1.17 bits per heavy atom. The summed E-state index contributed by atoms with van der Waals surface area (Å²) in [5.41, 5.74) is 10.3. The molecule has 0 unspecified atom stereocenters. The van der Waals surface area contributed by atoms with Crippen LogP contribution in [0.25, 0.3) is 22.2 Å². The SMILES string of the molecule is NCCCCc1c(-c2cccc(I)c2)[nH]c2c(Cl)cc(Br)cc12. The maximum absolute atomic E-state index is 6.44. The standard InChI is InChI=1S/C18H17BrClIN2/c19-12-9-15-14(6-1-2-7-22)17(23-18(15)16(20)10-12)11-4-3-5-13(21)8-11/h3-5,8-10,23H,1-2,6-7,22H2. The third-order valence-corrected chi connectivity index (χ3v) is 5.35. The van der Waals surface area contributed by atoms with Gasteiger partial charge in [-0.05, 0) is 83.8 Å². The molecule has 0 saturated carbocycles. The largest absolute Gasteiger partial charge is 0.353 e. The van der Waals surface area contributed by atoms with E-state index < -0.39 is 0 Å². The van der Waals surface area contributed by atoms with E-state index >= 15 is 0 Å². The van der Waals surface area contributed by atoms with Gasteiger partial charge in [0.15, 0.2) is 0 Å². The number of halogens is 3. The predicted molar refractivity (Wildman–Crippen MR) is 111 cm³/mol. The highest BCUT2D eigenvalue weighted by Gasteiger charge is 2.15. The fraction of sp³-hybridized carbons (Fsp3) is 0.222. The minimum atomic E-state index is 0.728. The Morgan fingerprint density at radius 3 is 2.74 bits per heavy atom. The van der Waals surface area contributed by atoms with Gasteiger partial charge in [-0.1, -0.05) is 39.7 Å². The van der Waals surface area contributed by atoms with Crippen LogP contribution in [0.15, 0.2) is 40.9 Å². The van der Waals surface area contributed by atoms with Gasteiger partial charge in [0.05, 0.1) is 10.5 Å². The van der Waals surface area contributed by atoms with E-state index in [0.717, 1.165) is 46.5 Å².